The molecule has 0 aliphatic carbocycles. The monoisotopic (exact) mass is 252 g/mol. The van der Waals surface area contributed by atoms with Gasteiger partial charge in [0.2, 0.25) is 17.8 Å². The van der Waals surface area contributed by atoms with Crippen LogP contribution in [0.3, 0.4) is 0 Å². The van der Waals surface area contributed by atoms with Gasteiger partial charge in [-0.3, -0.25) is 0 Å². The molecule has 0 atom stereocenters. The summed E-state index contributed by atoms with van der Waals surface area (Å²) >= 11 is 0. The van der Waals surface area contributed by atoms with E-state index in [0.29, 0.717) is 17.8 Å². The van der Waals surface area contributed by atoms with Gasteiger partial charge in [0.15, 0.2) is 0 Å². The Hall–Kier alpha value is -1.59. The highest BCUT2D eigenvalue weighted by Crippen LogP contribution is 2.11. The Kier molecular flexibility index (Phi) is 6.18. The summed E-state index contributed by atoms with van der Waals surface area (Å²) in [6, 6.07) is 0. The van der Waals surface area contributed by atoms with Crippen LogP contribution >= 0.6 is 0 Å². The Labute approximate surface area is 109 Å². The van der Waals surface area contributed by atoms with Gasteiger partial charge in [-0.15, -0.1) is 0 Å². The molecule has 1 rings (SSSR count). The first-order valence-electron chi connectivity index (χ1n) is 6.58. The fraction of sp³-hybridized carbons (Fsp3) is 0.750. The van der Waals surface area contributed by atoms with Crippen LogP contribution in [-0.4, -0.2) is 42.1 Å². The van der Waals surface area contributed by atoms with Gasteiger partial charge in [0.25, 0.3) is 0 Å². The van der Waals surface area contributed by atoms with Gasteiger partial charge in [-0.25, -0.2) is 0 Å². The Morgan fingerprint density at radius 1 is 0.944 bits per heavy atom. The zero-order valence-electron chi connectivity index (χ0n) is 11.8. The van der Waals surface area contributed by atoms with E-state index >= 15 is 0 Å². The summed E-state index contributed by atoms with van der Waals surface area (Å²) in [5, 5.41) is 6.36. The van der Waals surface area contributed by atoms with E-state index in [-0.39, 0.29) is 0 Å². The largest absolute Gasteiger partial charge is 0.354 e. The summed E-state index contributed by atoms with van der Waals surface area (Å²) < 4.78 is 0. The molecule has 18 heavy (non-hydrogen) atoms. The van der Waals surface area contributed by atoms with Crippen LogP contribution in [0.5, 0.6) is 0 Å². The topological polar surface area (TPSA) is 66.0 Å². The predicted octanol–water partition coefficient (Wildman–Crippen LogP) is 1.97. The number of nitrogens with one attached hydrogen (secondary N) is 2. The molecule has 0 spiro atoms. The predicted molar refractivity (Wildman–Crippen MR) is 76.3 cm³/mol. The van der Waals surface area contributed by atoms with E-state index in [1.807, 2.05) is 25.9 Å². The standard InChI is InChI=1S/C12H24N6/c1-5-7-8-9-14-11-15-10(13-6-2)16-12(17-11)18(3)4/h5-9H2,1-4H3,(H2,13,14,15,16,17). The van der Waals surface area contributed by atoms with Gasteiger partial charge in [0.05, 0.1) is 0 Å². The molecule has 1 aromatic heterocycles. The van der Waals surface area contributed by atoms with Gasteiger partial charge in [-0.2, -0.15) is 15.0 Å². The average Bonchev–Trinajstić information content (AvgIpc) is 2.35. The fourth-order valence-electron chi connectivity index (χ4n) is 1.46. The van der Waals surface area contributed by atoms with E-state index in [0.717, 1.165) is 19.5 Å². The number of hydrogen-bond acceptors (Lipinski definition) is 6. The van der Waals surface area contributed by atoms with Gasteiger partial charge in [-0.05, 0) is 13.3 Å². The Morgan fingerprint density at radius 2 is 1.61 bits per heavy atom. The lowest BCUT2D eigenvalue weighted by molar-refractivity contribution is 0.739. The summed E-state index contributed by atoms with van der Waals surface area (Å²) in [6.07, 6.45) is 3.57. The Bertz CT molecular complexity index is 352. The molecule has 0 fully saturated rings. The van der Waals surface area contributed by atoms with Crippen LogP contribution in [0.1, 0.15) is 33.1 Å². The lowest BCUT2D eigenvalue weighted by Gasteiger charge is -2.13. The zero-order chi connectivity index (χ0) is 13.4. The van der Waals surface area contributed by atoms with Crippen molar-refractivity contribution in [2.24, 2.45) is 0 Å². The molecule has 2 N–H and O–H groups in total. The maximum Gasteiger partial charge on any atom is 0.231 e. The molecular weight excluding hydrogens is 228 g/mol. The van der Waals surface area contributed by atoms with E-state index < -0.39 is 0 Å². The number of hydrogen-bond donors (Lipinski definition) is 2. The Balaban J connectivity index is 2.69. The maximum atomic E-state index is 4.37. The summed E-state index contributed by atoms with van der Waals surface area (Å²) in [7, 11) is 3.85. The van der Waals surface area contributed by atoms with Crippen molar-refractivity contribution >= 4 is 17.8 Å². The first-order valence-corrected chi connectivity index (χ1v) is 6.58. The van der Waals surface area contributed by atoms with Crippen molar-refractivity contribution in [3.8, 4) is 0 Å². The second kappa shape index (κ2) is 7.68. The maximum absolute atomic E-state index is 4.37. The first kappa shape index (κ1) is 14.5. The summed E-state index contributed by atoms with van der Waals surface area (Å²) in [6.45, 7) is 5.91. The molecule has 0 aromatic carbocycles. The Morgan fingerprint density at radius 3 is 2.17 bits per heavy atom. The highest BCUT2D eigenvalue weighted by atomic mass is 15.3. The molecule has 0 radical (unpaired) electrons. The molecule has 6 nitrogen and oxygen atoms in total. The van der Waals surface area contributed by atoms with Crippen molar-refractivity contribution in [2.75, 3.05) is 42.7 Å². The van der Waals surface area contributed by atoms with E-state index in [9.17, 15) is 0 Å². The molecule has 0 aliphatic heterocycles. The minimum Gasteiger partial charge on any atom is -0.354 e. The van der Waals surface area contributed by atoms with Gasteiger partial charge in [0, 0.05) is 27.2 Å². The van der Waals surface area contributed by atoms with Crippen LogP contribution in [0.15, 0.2) is 0 Å². The lowest BCUT2D eigenvalue weighted by Crippen LogP contribution is -2.17. The summed E-state index contributed by atoms with van der Waals surface area (Å²) in [4.78, 5) is 14.9. The molecule has 0 aliphatic rings. The number of aromatic nitrogens is 3. The SMILES string of the molecule is CCCCCNc1nc(NCC)nc(N(C)C)n1. The summed E-state index contributed by atoms with van der Waals surface area (Å²) in [5.74, 6) is 1.92. The van der Waals surface area contributed by atoms with E-state index in [1.54, 1.807) is 0 Å². The van der Waals surface area contributed by atoms with Crippen molar-refractivity contribution in [1.29, 1.82) is 0 Å². The molecule has 0 saturated carbocycles. The van der Waals surface area contributed by atoms with Gasteiger partial charge >= 0.3 is 0 Å². The highest BCUT2D eigenvalue weighted by Gasteiger charge is 2.06. The van der Waals surface area contributed by atoms with Crippen molar-refractivity contribution in [1.82, 2.24) is 15.0 Å². The molecule has 0 bridgehead atoms. The molecule has 0 saturated heterocycles. The summed E-state index contributed by atoms with van der Waals surface area (Å²) in [5.41, 5.74) is 0. The molecular formula is C12H24N6. The number of anilines is 3. The number of unbranched alkanes of at least 4 members (excludes halogenated alkanes) is 2. The van der Waals surface area contributed by atoms with Crippen LogP contribution in [0.4, 0.5) is 17.8 Å². The minimum absolute atomic E-state index is 0.620. The third-order valence-corrected chi connectivity index (χ3v) is 2.42. The van der Waals surface area contributed by atoms with Crippen molar-refractivity contribution < 1.29 is 0 Å². The smallest absolute Gasteiger partial charge is 0.231 e. The van der Waals surface area contributed by atoms with Crippen molar-refractivity contribution in [3.63, 3.8) is 0 Å². The fourth-order valence-corrected chi connectivity index (χ4v) is 1.46. The van der Waals surface area contributed by atoms with Crippen LogP contribution in [0.2, 0.25) is 0 Å². The lowest BCUT2D eigenvalue weighted by atomic mass is 10.2. The van der Waals surface area contributed by atoms with Gasteiger partial charge in [0.1, 0.15) is 0 Å². The molecule has 6 heteroatoms. The van der Waals surface area contributed by atoms with Crippen LogP contribution in [-0.2, 0) is 0 Å². The molecule has 0 amide bonds. The number of rotatable bonds is 8. The first-order chi connectivity index (χ1) is 8.67. The normalized spacial score (nSPS) is 10.2. The van der Waals surface area contributed by atoms with E-state index in [4.69, 9.17) is 0 Å². The second-order valence-corrected chi connectivity index (χ2v) is 4.34. The van der Waals surface area contributed by atoms with Crippen molar-refractivity contribution in [2.45, 2.75) is 33.1 Å². The van der Waals surface area contributed by atoms with E-state index in [1.165, 1.54) is 12.8 Å². The third kappa shape index (κ3) is 4.73. The van der Waals surface area contributed by atoms with Crippen LogP contribution in [0.25, 0.3) is 0 Å². The van der Waals surface area contributed by atoms with Crippen LogP contribution < -0.4 is 15.5 Å². The van der Waals surface area contributed by atoms with Gasteiger partial charge < -0.3 is 15.5 Å². The van der Waals surface area contributed by atoms with E-state index in [2.05, 4.69) is 32.5 Å². The third-order valence-electron chi connectivity index (χ3n) is 2.42. The molecule has 102 valence electrons. The van der Waals surface area contributed by atoms with Gasteiger partial charge in [-0.1, -0.05) is 19.8 Å². The highest BCUT2D eigenvalue weighted by molar-refractivity contribution is 5.42. The quantitative estimate of drug-likeness (QED) is 0.690. The zero-order valence-corrected chi connectivity index (χ0v) is 11.8. The van der Waals surface area contributed by atoms with Crippen LogP contribution in [0, 0.1) is 0 Å². The molecule has 0 unspecified atom stereocenters. The van der Waals surface area contributed by atoms with Crippen molar-refractivity contribution in [3.05, 3.63) is 0 Å². The molecule has 1 aromatic rings. The average molecular weight is 252 g/mol. The minimum atomic E-state index is 0.620. The second-order valence-electron chi connectivity index (χ2n) is 4.34. The number of nitrogens with zero attached hydrogens (tertiary/aromatic N) is 4. The molecule has 1 heterocycles.